The molecule has 3 nitrogen and oxygen atoms in total. The highest BCUT2D eigenvalue weighted by molar-refractivity contribution is 5.81. The van der Waals surface area contributed by atoms with E-state index in [4.69, 9.17) is 9.47 Å². The minimum absolute atomic E-state index is 0.0662. The van der Waals surface area contributed by atoms with Crippen molar-refractivity contribution in [3.63, 3.8) is 0 Å². The minimum atomic E-state index is 0.0662. The average Bonchev–Trinajstić information content (AvgIpc) is 2.55. The van der Waals surface area contributed by atoms with Crippen LogP contribution in [0.2, 0.25) is 0 Å². The lowest BCUT2D eigenvalue weighted by Crippen LogP contribution is -2.07. The molecule has 1 atom stereocenters. The van der Waals surface area contributed by atoms with Crippen molar-refractivity contribution in [2.45, 2.75) is 39.4 Å². The number of ether oxygens (including phenoxy) is 2. The molecule has 0 spiro atoms. The van der Waals surface area contributed by atoms with Gasteiger partial charge in [-0.3, -0.25) is 4.79 Å². The van der Waals surface area contributed by atoms with Gasteiger partial charge >= 0.3 is 0 Å². The molecule has 1 unspecified atom stereocenters. The van der Waals surface area contributed by atoms with Crippen LogP contribution >= 0.6 is 0 Å². The first kappa shape index (κ1) is 11.0. The van der Waals surface area contributed by atoms with Crippen LogP contribution in [-0.2, 0) is 6.42 Å². The van der Waals surface area contributed by atoms with E-state index in [0.717, 1.165) is 24.0 Å². The highest BCUT2D eigenvalue weighted by Gasteiger charge is 2.21. The molecule has 2 rings (SSSR count). The van der Waals surface area contributed by atoms with Crippen molar-refractivity contribution in [3.8, 4) is 11.5 Å². The van der Waals surface area contributed by atoms with E-state index in [1.165, 1.54) is 0 Å². The van der Waals surface area contributed by atoms with Crippen LogP contribution in [0.1, 0.15) is 36.7 Å². The monoisotopic (exact) mass is 220 g/mol. The van der Waals surface area contributed by atoms with Gasteiger partial charge in [0.2, 0.25) is 0 Å². The van der Waals surface area contributed by atoms with Gasteiger partial charge < -0.3 is 9.47 Å². The molecule has 1 aliphatic heterocycles. The van der Waals surface area contributed by atoms with Crippen LogP contribution in [0.4, 0.5) is 0 Å². The van der Waals surface area contributed by atoms with E-state index in [1.807, 2.05) is 26.8 Å². The lowest BCUT2D eigenvalue weighted by molar-refractivity contribution is 0.111. The molecule has 0 amide bonds. The normalized spacial score (nSPS) is 18.1. The zero-order valence-corrected chi connectivity index (χ0v) is 9.82. The number of hydrogen-bond acceptors (Lipinski definition) is 3. The van der Waals surface area contributed by atoms with Crippen molar-refractivity contribution >= 4 is 6.29 Å². The molecule has 1 heterocycles. The van der Waals surface area contributed by atoms with E-state index in [9.17, 15) is 4.79 Å². The number of rotatable bonds is 3. The van der Waals surface area contributed by atoms with Crippen molar-refractivity contribution in [3.05, 3.63) is 23.3 Å². The van der Waals surface area contributed by atoms with Crippen LogP contribution in [0, 0.1) is 0 Å². The molecular formula is C13H16O3. The smallest absolute Gasteiger partial charge is 0.153 e. The molecule has 0 aromatic heterocycles. The highest BCUT2D eigenvalue weighted by atomic mass is 16.5. The zero-order chi connectivity index (χ0) is 11.7. The standard InChI is InChI=1S/C13H16O3/c1-8(2)15-13-5-10-4-9(3)16-12(10)6-11(13)7-14/h5-9H,4H2,1-3H3. The van der Waals surface area contributed by atoms with Crippen LogP contribution in [0.15, 0.2) is 12.1 Å². The van der Waals surface area contributed by atoms with Gasteiger partial charge in [0.1, 0.15) is 17.6 Å². The SMILES string of the molecule is CC(C)Oc1cc2c(cc1C=O)OC(C)C2. The molecule has 86 valence electrons. The van der Waals surface area contributed by atoms with Crippen molar-refractivity contribution in [1.29, 1.82) is 0 Å². The molecule has 0 bridgehead atoms. The van der Waals surface area contributed by atoms with Gasteiger partial charge in [0.25, 0.3) is 0 Å². The van der Waals surface area contributed by atoms with Gasteiger partial charge in [0.05, 0.1) is 11.7 Å². The molecule has 0 radical (unpaired) electrons. The number of hydrogen-bond donors (Lipinski definition) is 0. The number of benzene rings is 1. The fourth-order valence-electron chi connectivity index (χ4n) is 1.90. The average molecular weight is 220 g/mol. The van der Waals surface area contributed by atoms with Gasteiger partial charge in [-0.15, -0.1) is 0 Å². The van der Waals surface area contributed by atoms with Gasteiger partial charge in [-0.1, -0.05) is 0 Å². The van der Waals surface area contributed by atoms with Crippen molar-refractivity contribution in [1.82, 2.24) is 0 Å². The zero-order valence-electron chi connectivity index (χ0n) is 9.82. The highest BCUT2D eigenvalue weighted by Crippen LogP contribution is 2.34. The second-order valence-corrected chi connectivity index (χ2v) is 4.41. The Morgan fingerprint density at radius 2 is 2.25 bits per heavy atom. The summed E-state index contributed by atoms with van der Waals surface area (Å²) >= 11 is 0. The third-order valence-electron chi connectivity index (χ3n) is 2.52. The first-order valence-electron chi connectivity index (χ1n) is 5.55. The second-order valence-electron chi connectivity index (χ2n) is 4.41. The lowest BCUT2D eigenvalue weighted by Gasteiger charge is -2.12. The summed E-state index contributed by atoms with van der Waals surface area (Å²) in [5.74, 6) is 1.46. The summed E-state index contributed by atoms with van der Waals surface area (Å²) in [6, 6.07) is 3.69. The van der Waals surface area contributed by atoms with Crippen molar-refractivity contribution in [2.75, 3.05) is 0 Å². The largest absolute Gasteiger partial charge is 0.490 e. The Bertz CT molecular complexity index is 410. The summed E-state index contributed by atoms with van der Waals surface area (Å²) in [4.78, 5) is 11.0. The topological polar surface area (TPSA) is 35.5 Å². The third kappa shape index (κ3) is 2.03. The molecule has 1 aliphatic rings. The van der Waals surface area contributed by atoms with Crippen LogP contribution in [0.25, 0.3) is 0 Å². The first-order valence-corrected chi connectivity index (χ1v) is 5.55. The molecule has 0 fully saturated rings. The van der Waals surface area contributed by atoms with Gasteiger partial charge in [-0.25, -0.2) is 0 Å². The summed E-state index contributed by atoms with van der Waals surface area (Å²) in [7, 11) is 0. The van der Waals surface area contributed by atoms with E-state index in [2.05, 4.69) is 0 Å². The van der Waals surface area contributed by atoms with Crippen LogP contribution in [0.5, 0.6) is 11.5 Å². The van der Waals surface area contributed by atoms with Gasteiger partial charge in [-0.05, 0) is 32.9 Å². The minimum Gasteiger partial charge on any atom is -0.490 e. The number of carbonyl (C=O) groups excluding carboxylic acids is 1. The Morgan fingerprint density at radius 1 is 1.50 bits per heavy atom. The van der Waals surface area contributed by atoms with E-state index in [1.54, 1.807) is 6.07 Å². The Kier molecular flexibility index (Phi) is 2.86. The summed E-state index contributed by atoms with van der Waals surface area (Å²) in [6.07, 6.45) is 1.94. The molecule has 0 aliphatic carbocycles. The molecule has 0 N–H and O–H groups in total. The molecule has 0 saturated heterocycles. The van der Waals surface area contributed by atoms with Gasteiger partial charge in [0, 0.05) is 12.0 Å². The molecule has 1 aromatic rings. The maximum absolute atomic E-state index is 11.0. The molecule has 1 aromatic carbocycles. The summed E-state index contributed by atoms with van der Waals surface area (Å²) in [6.45, 7) is 5.91. The van der Waals surface area contributed by atoms with E-state index in [0.29, 0.717) is 11.3 Å². The predicted molar refractivity (Wildman–Crippen MR) is 61.4 cm³/mol. The fraction of sp³-hybridized carbons (Fsp3) is 0.462. The fourth-order valence-corrected chi connectivity index (χ4v) is 1.90. The van der Waals surface area contributed by atoms with Crippen molar-refractivity contribution < 1.29 is 14.3 Å². The molecule has 0 saturated carbocycles. The van der Waals surface area contributed by atoms with Crippen LogP contribution < -0.4 is 9.47 Å². The first-order chi connectivity index (χ1) is 7.60. The Labute approximate surface area is 95.4 Å². The van der Waals surface area contributed by atoms with E-state index < -0.39 is 0 Å². The van der Waals surface area contributed by atoms with Crippen LogP contribution in [0.3, 0.4) is 0 Å². The maximum Gasteiger partial charge on any atom is 0.153 e. The van der Waals surface area contributed by atoms with Gasteiger partial charge in [0.15, 0.2) is 6.29 Å². The molecule has 3 heteroatoms. The summed E-state index contributed by atoms with van der Waals surface area (Å²) in [5, 5.41) is 0. The Balaban J connectivity index is 2.38. The number of aldehydes is 1. The predicted octanol–water partition coefficient (Wildman–Crippen LogP) is 2.61. The van der Waals surface area contributed by atoms with E-state index >= 15 is 0 Å². The molecular weight excluding hydrogens is 204 g/mol. The van der Waals surface area contributed by atoms with E-state index in [-0.39, 0.29) is 12.2 Å². The number of carbonyl (C=O) groups is 1. The number of fused-ring (bicyclic) bond motifs is 1. The van der Waals surface area contributed by atoms with Crippen LogP contribution in [-0.4, -0.2) is 18.5 Å². The van der Waals surface area contributed by atoms with Gasteiger partial charge in [-0.2, -0.15) is 0 Å². The van der Waals surface area contributed by atoms with Crippen molar-refractivity contribution in [2.24, 2.45) is 0 Å². The third-order valence-corrected chi connectivity index (χ3v) is 2.52. The lowest BCUT2D eigenvalue weighted by atomic mass is 10.1. The Morgan fingerprint density at radius 3 is 2.88 bits per heavy atom. The molecule has 16 heavy (non-hydrogen) atoms. The maximum atomic E-state index is 11.0. The summed E-state index contributed by atoms with van der Waals surface area (Å²) < 4.78 is 11.2. The summed E-state index contributed by atoms with van der Waals surface area (Å²) in [5.41, 5.74) is 1.68. The Hall–Kier alpha value is -1.51. The quantitative estimate of drug-likeness (QED) is 0.734. The second kappa shape index (κ2) is 4.16.